The monoisotopic (exact) mass is 483 g/mol. The number of benzene rings is 2. The van der Waals surface area contributed by atoms with Crippen LogP contribution in [0.5, 0.6) is 5.75 Å². The summed E-state index contributed by atoms with van der Waals surface area (Å²) in [5.74, 6) is 0.148. The molecule has 5 nitrogen and oxygen atoms in total. The van der Waals surface area contributed by atoms with E-state index in [0.717, 1.165) is 38.5 Å². The van der Waals surface area contributed by atoms with E-state index in [1.807, 2.05) is 31.2 Å². The molecule has 0 bridgehead atoms. The van der Waals surface area contributed by atoms with E-state index in [0.29, 0.717) is 16.1 Å². The second kappa shape index (κ2) is 10.4. The topological polar surface area (TPSA) is 44.8 Å². The summed E-state index contributed by atoms with van der Waals surface area (Å²) in [6.45, 7) is 6.53. The average Bonchev–Trinajstić information content (AvgIpc) is 2.71. The van der Waals surface area contributed by atoms with Gasteiger partial charge in [0, 0.05) is 42.2 Å². The number of amides is 1. The lowest BCUT2D eigenvalue weighted by Gasteiger charge is -2.37. The molecular weight excluding hydrogens is 461 g/mol. The van der Waals surface area contributed by atoms with Crippen molar-refractivity contribution in [2.45, 2.75) is 13.0 Å². The second-order valence-electron chi connectivity index (χ2n) is 6.97. The number of halogens is 3. The Kier molecular flexibility index (Phi) is 7.89. The standard InChI is InChI=1S/C21H24BrClFN3O2/c1-15(21(28)25-20-7-2-16(22)14-19(20)24)27-10-8-26(9-11-27)12-13-29-18-5-3-17(23)4-6-18/h2-7,14-15H,8-13H2,1H3,(H,25,28). The second-order valence-corrected chi connectivity index (χ2v) is 8.32. The lowest BCUT2D eigenvalue weighted by molar-refractivity contribution is -0.121. The molecule has 2 aromatic rings. The van der Waals surface area contributed by atoms with Crippen LogP contribution in [0.2, 0.25) is 5.02 Å². The lowest BCUT2D eigenvalue weighted by atomic mass is 10.2. The van der Waals surface area contributed by atoms with Gasteiger partial charge >= 0.3 is 0 Å². The van der Waals surface area contributed by atoms with E-state index in [1.54, 1.807) is 12.1 Å². The van der Waals surface area contributed by atoms with Gasteiger partial charge in [-0.25, -0.2) is 4.39 Å². The highest BCUT2D eigenvalue weighted by molar-refractivity contribution is 9.10. The minimum Gasteiger partial charge on any atom is -0.492 e. The summed E-state index contributed by atoms with van der Waals surface area (Å²) in [6.07, 6.45) is 0. The Labute approximate surface area is 183 Å². The molecule has 1 saturated heterocycles. The third-order valence-electron chi connectivity index (χ3n) is 5.01. The van der Waals surface area contributed by atoms with Crippen LogP contribution >= 0.6 is 27.5 Å². The summed E-state index contributed by atoms with van der Waals surface area (Å²) in [7, 11) is 0. The predicted molar refractivity (Wildman–Crippen MR) is 117 cm³/mol. The van der Waals surface area contributed by atoms with Gasteiger partial charge < -0.3 is 10.1 Å². The highest BCUT2D eigenvalue weighted by Gasteiger charge is 2.26. The molecule has 1 fully saturated rings. The van der Waals surface area contributed by atoms with Gasteiger partial charge in [-0.15, -0.1) is 0 Å². The van der Waals surface area contributed by atoms with Crippen LogP contribution < -0.4 is 10.1 Å². The van der Waals surface area contributed by atoms with Gasteiger partial charge in [0.15, 0.2) is 0 Å². The fourth-order valence-electron chi connectivity index (χ4n) is 3.19. The number of anilines is 1. The van der Waals surface area contributed by atoms with E-state index in [-0.39, 0.29) is 17.6 Å². The van der Waals surface area contributed by atoms with Crippen LogP contribution in [-0.2, 0) is 4.79 Å². The lowest BCUT2D eigenvalue weighted by Crippen LogP contribution is -2.53. The first kappa shape index (κ1) is 22.0. The first-order valence-corrected chi connectivity index (χ1v) is 10.7. The normalized spacial score (nSPS) is 16.4. The van der Waals surface area contributed by atoms with Crippen LogP contribution in [0.3, 0.4) is 0 Å². The van der Waals surface area contributed by atoms with Gasteiger partial charge in [0.05, 0.1) is 11.7 Å². The number of rotatable bonds is 7. The number of nitrogens with one attached hydrogen (secondary N) is 1. The number of carbonyl (C=O) groups excluding carboxylic acids is 1. The third kappa shape index (κ3) is 6.40. The first-order chi connectivity index (χ1) is 13.9. The highest BCUT2D eigenvalue weighted by atomic mass is 79.9. The molecule has 1 N–H and O–H groups in total. The maximum Gasteiger partial charge on any atom is 0.241 e. The molecule has 1 unspecified atom stereocenters. The number of carbonyl (C=O) groups is 1. The summed E-state index contributed by atoms with van der Waals surface area (Å²) in [6, 6.07) is 11.6. The van der Waals surface area contributed by atoms with Crippen LogP contribution in [0.4, 0.5) is 10.1 Å². The molecule has 2 aromatic carbocycles. The Hall–Kier alpha value is -1.67. The van der Waals surface area contributed by atoms with Gasteiger partial charge in [-0.1, -0.05) is 27.5 Å². The molecule has 29 heavy (non-hydrogen) atoms. The van der Waals surface area contributed by atoms with Crippen molar-refractivity contribution >= 4 is 39.1 Å². The van der Waals surface area contributed by atoms with Crippen molar-refractivity contribution in [3.05, 3.63) is 57.8 Å². The van der Waals surface area contributed by atoms with Crippen LogP contribution in [-0.4, -0.2) is 61.1 Å². The van der Waals surface area contributed by atoms with Gasteiger partial charge in [-0.3, -0.25) is 14.6 Å². The Bertz CT molecular complexity index is 829. The molecule has 1 aliphatic heterocycles. The van der Waals surface area contributed by atoms with E-state index >= 15 is 0 Å². The molecular formula is C21H24BrClFN3O2. The van der Waals surface area contributed by atoms with Crippen LogP contribution in [0.15, 0.2) is 46.9 Å². The molecule has 0 aliphatic carbocycles. The van der Waals surface area contributed by atoms with E-state index in [4.69, 9.17) is 16.3 Å². The Morgan fingerprint density at radius 2 is 1.90 bits per heavy atom. The molecule has 3 rings (SSSR count). The Morgan fingerprint density at radius 3 is 2.55 bits per heavy atom. The molecule has 0 radical (unpaired) electrons. The summed E-state index contributed by atoms with van der Waals surface area (Å²) in [5, 5.41) is 3.37. The van der Waals surface area contributed by atoms with E-state index < -0.39 is 5.82 Å². The molecule has 1 heterocycles. The zero-order chi connectivity index (χ0) is 20.8. The maximum absolute atomic E-state index is 13.9. The van der Waals surface area contributed by atoms with Crippen molar-refractivity contribution in [1.29, 1.82) is 0 Å². The predicted octanol–water partition coefficient (Wildman–Crippen LogP) is 4.27. The largest absolute Gasteiger partial charge is 0.492 e. The minimum atomic E-state index is -0.453. The van der Waals surface area contributed by atoms with E-state index in [1.165, 1.54) is 6.07 Å². The van der Waals surface area contributed by atoms with Crippen molar-refractivity contribution < 1.29 is 13.9 Å². The maximum atomic E-state index is 13.9. The van der Waals surface area contributed by atoms with Gasteiger partial charge in [-0.05, 0) is 49.4 Å². The molecule has 1 aliphatic rings. The number of hydrogen-bond donors (Lipinski definition) is 1. The summed E-state index contributed by atoms with van der Waals surface area (Å²) in [4.78, 5) is 16.9. The third-order valence-corrected chi connectivity index (χ3v) is 5.76. The fraction of sp³-hybridized carbons (Fsp3) is 0.381. The zero-order valence-corrected chi connectivity index (χ0v) is 18.5. The van der Waals surface area contributed by atoms with Crippen LogP contribution in [0.1, 0.15) is 6.92 Å². The molecule has 1 amide bonds. The van der Waals surface area contributed by atoms with Crippen molar-refractivity contribution in [3.8, 4) is 5.75 Å². The Balaban J connectivity index is 1.41. The fourth-order valence-corrected chi connectivity index (χ4v) is 3.65. The van der Waals surface area contributed by atoms with E-state index in [9.17, 15) is 9.18 Å². The molecule has 1 atom stereocenters. The number of hydrogen-bond acceptors (Lipinski definition) is 4. The van der Waals surface area contributed by atoms with Gasteiger partial charge in [0.25, 0.3) is 0 Å². The van der Waals surface area contributed by atoms with E-state index in [2.05, 4.69) is 31.0 Å². The minimum absolute atomic E-state index is 0.197. The summed E-state index contributed by atoms with van der Waals surface area (Å²) in [5.41, 5.74) is 0.197. The van der Waals surface area contributed by atoms with Gasteiger partial charge in [0.1, 0.15) is 18.2 Å². The highest BCUT2D eigenvalue weighted by Crippen LogP contribution is 2.20. The van der Waals surface area contributed by atoms with Crippen LogP contribution in [0.25, 0.3) is 0 Å². The number of ether oxygens (including phenoxy) is 1. The molecule has 0 aromatic heterocycles. The summed E-state index contributed by atoms with van der Waals surface area (Å²) < 4.78 is 20.3. The van der Waals surface area contributed by atoms with Crippen molar-refractivity contribution in [2.24, 2.45) is 0 Å². The van der Waals surface area contributed by atoms with Gasteiger partial charge in [0.2, 0.25) is 5.91 Å². The average molecular weight is 485 g/mol. The SMILES string of the molecule is CC(C(=O)Nc1ccc(Br)cc1F)N1CCN(CCOc2ccc(Cl)cc2)CC1. The van der Waals surface area contributed by atoms with Crippen LogP contribution in [0, 0.1) is 5.82 Å². The number of piperazine rings is 1. The first-order valence-electron chi connectivity index (χ1n) is 9.53. The quantitative estimate of drug-likeness (QED) is 0.638. The zero-order valence-electron chi connectivity index (χ0n) is 16.2. The van der Waals surface area contributed by atoms with Gasteiger partial charge in [-0.2, -0.15) is 0 Å². The molecule has 8 heteroatoms. The summed E-state index contributed by atoms with van der Waals surface area (Å²) >= 11 is 9.08. The smallest absolute Gasteiger partial charge is 0.241 e. The Morgan fingerprint density at radius 1 is 1.21 bits per heavy atom. The van der Waals surface area contributed by atoms with Crippen molar-refractivity contribution in [3.63, 3.8) is 0 Å². The van der Waals surface area contributed by atoms with Crippen molar-refractivity contribution in [1.82, 2.24) is 9.80 Å². The number of nitrogens with zero attached hydrogens (tertiary/aromatic N) is 2. The van der Waals surface area contributed by atoms with Crippen molar-refractivity contribution in [2.75, 3.05) is 44.6 Å². The molecule has 0 saturated carbocycles. The molecule has 0 spiro atoms. The molecule has 156 valence electrons.